The van der Waals surface area contributed by atoms with Gasteiger partial charge < -0.3 is 9.64 Å². The minimum atomic E-state index is -0.0390. The van der Waals surface area contributed by atoms with E-state index in [0.29, 0.717) is 18.3 Å². The molecule has 2 aliphatic rings. The second-order valence-electron chi connectivity index (χ2n) is 6.18. The monoisotopic (exact) mass is 312 g/mol. The van der Waals surface area contributed by atoms with E-state index in [1.54, 1.807) is 30.1 Å². The van der Waals surface area contributed by atoms with Crippen molar-refractivity contribution < 1.29 is 4.74 Å². The highest BCUT2D eigenvalue weighted by atomic mass is 16.5. The van der Waals surface area contributed by atoms with Crippen LogP contribution in [0, 0.1) is 0 Å². The van der Waals surface area contributed by atoms with Gasteiger partial charge in [-0.25, -0.2) is 4.98 Å². The second-order valence-corrected chi connectivity index (χ2v) is 6.18. The van der Waals surface area contributed by atoms with Crippen LogP contribution in [0.3, 0.4) is 0 Å². The van der Waals surface area contributed by atoms with Crippen molar-refractivity contribution in [3.63, 3.8) is 0 Å². The average Bonchev–Trinajstić information content (AvgIpc) is 3.07. The number of aromatic nitrogens is 3. The fraction of sp³-hybridized carbons (Fsp3) is 0.471. The minimum absolute atomic E-state index is 0.0390. The van der Waals surface area contributed by atoms with Gasteiger partial charge in [-0.05, 0) is 31.4 Å². The van der Waals surface area contributed by atoms with Crippen LogP contribution in [0.4, 0.5) is 5.95 Å². The summed E-state index contributed by atoms with van der Waals surface area (Å²) in [6.07, 6.45) is 7.07. The van der Waals surface area contributed by atoms with Crippen LogP contribution >= 0.6 is 0 Å². The van der Waals surface area contributed by atoms with E-state index in [9.17, 15) is 4.79 Å². The zero-order valence-electron chi connectivity index (χ0n) is 13.2. The number of morpholine rings is 1. The molecule has 0 radical (unpaired) electrons. The van der Waals surface area contributed by atoms with Crippen LogP contribution in [0.15, 0.2) is 35.4 Å². The fourth-order valence-electron chi connectivity index (χ4n) is 3.63. The summed E-state index contributed by atoms with van der Waals surface area (Å²) in [6, 6.07) is 5.67. The van der Waals surface area contributed by atoms with Gasteiger partial charge in [0.25, 0.3) is 5.56 Å². The Hall–Kier alpha value is -2.21. The third kappa shape index (κ3) is 2.53. The van der Waals surface area contributed by atoms with Gasteiger partial charge in [0.2, 0.25) is 5.95 Å². The molecule has 0 bridgehead atoms. The first-order valence-electron chi connectivity index (χ1n) is 8.11. The van der Waals surface area contributed by atoms with Gasteiger partial charge in [-0.15, -0.1) is 0 Å². The zero-order valence-corrected chi connectivity index (χ0v) is 13.2. The number of fused-ring (bicyclic) bond motifs is 1. The van der Waals surface area contributed by atoms with E-state index in [-0.39, 0.29) is 11.7 Å². The van der Waals surface area contributed by atoms with Crippen molar-refractivity contribution in [3.05, 3.63) is 40.9 Å². The molecule has 2 aromatic heterocycles. The SMILES string of the molecule is Cn1c(N2CCO[C@H]3CCC[C@@H]32)nc(-c2ccncc2)cc1=O. The Morgan fingerprint density at radius 2 is 2.09 bits per heavy atom. The quantitative estimate of drug-likeness (QED) is 0.843. The molecule has 2 aromatic rings. The smallest absolute Gasteiger partial charge is 0.255 e. The first-order valence-corrected chi connectivity index (χ1v) is 8.11. The minimum Gasteiger partial charge on any atom is -0.374 e. The van der Waals surface area contributed by atoms with E-state index in [1.165, 1.54) is 6.42 Å². The summed E-state index contributed by atoms with van der Waals surface area (Å²) in [5, 5.41) is 0. The summed E-state index contributed by atoms with van der Waals surface area (Å²) in [6.45, 7) is 1.47. The Morgan fingerprint density at radius 1 is 1.26 bits per heavy atom. The number of rotatable bonds is 2. The fourth-order valence-corrected chi connectivity index (χ4v) is 3.63. The Morgan fingerprint density at radius 3 is 2.91 bits per heavy atom. The van der Waals surface area contributed by atoms with Gasteiger partial charge in [0.1, 0.15) is 0 Å². The molecule has 1 saturated heterocycles. The number of hydrogen-bond acceptors (Lipinski definition) is 5. The summed E-state index contributed by atoms with van der Waals surface area (Å²) in [7, 11) is 1.79. The summed E-state index contributed by atoms with van der Waals surface area (Å²) < 4.78 is 7.52. The van der Waals surface area contributed by atoms with Crippen molar-refractivity contribution in [3.8, 4) is 11.3 Å². The van der Waals surface area contributed by atoms with Gasteiger partial charge >= 0.3 is 0 Å². The Bertz CT molecular complexity index is 759. The third-order valence-corrected chi connectivity index (χ3v) is 4.83. The van der Waals surface area contributed by atoms with Gasteiger partial charge in [0.15, 0.2) is 0 Å². The molecule has 6 nitrogen and oxygen atoms in total. The highest BCUT2D eigenvalue weighted by Gasteiger charge is 2.37. The predicted octanol–water partition coefficient (Wildman–Crippen LogP) is 1.60. The van der Waals surface area contributed by atoms with E-state index >= 15 is 0 Å². The van der Waals surface area contributed by atoms with Crippen LogP contribution in [0.25, 0.3) is 11.3 Å². The maximum absolute atomic E-state index is 12.4. The molecular weight excluding hydrogens is 292 g/mol. The molecule has 1 aliphatic heterocycles. The van der Waals surface area contributed by atoms with E-state index in [0.717, 1.165) is 30.9 Å². The number of ether oxygens (including phenoxy) is 1. The number of pyridine rings is 1. The molecule has 23 heavy (non-hydrogen) atoms. The molecule has 4 rings (SSSR count). The molecule has 0 aromatic carbocycles. The van der Waals surface area contributed by atoms with E-state index in [2.05, 4.69) is 9.88 Å². The van der Waals surface area contributed by atoms with Crippen molar-refractivity contribution in [2.24, 2.45) is 7.05 Å². The van der Waals surface area contributed by atoms with Crippen LogP contribution in [0.5, 0.6) is 0 Å². The first-order chi connectivity index (χ1) is 11.2. The Kier molecular flexibility index (Phi) is 3.61. The lowest BCUT2D eigenvalue weighted by Gasteiger charge is -2.38. The Labute approximate surface area is 134 Å². The van der Waals surface area contributed by atoms with Crippen LogP contribution in [0.2, 0.25) is 0 Å². The van der Waals surface area contributed by atoms with Crippen molar-refractivity contribution in [2.75, 3.05) is 18.1 Å². The highest BCUT2D eigenvalue weighted by Crippen LogP contribution is 2.32. The maximum atomic E-state index is 12.4. The number of anilines is 1. The summed E-state index contributed by atoms with van der Waals surface area (Å²) in [5.41, 5.74) is 1.57. The average molecular weight is 312 g/mol. The van der Waals surface area contributed by atoms with Crippen molar-refractivity contribution in [1.82, 2.24) is 14.5 Å². The highest BCUT2D eigenvalue weighted by molar-refractivity contribution is 5.59. The third-order valence-electron chi connectivity index (χ3n) is 4.83. The van der Waals surface area contributed by atoms with Crippen LogP contribution in [-0.2, 0) is 11.8 Å². The topological polar surface area (TPSA) is 60.2 Å². The lowest BCUT2D eigenvalue weighted by atomic mass is 10.1. The molecular formula is C17H20N4O2. The largest absolute Gasteiger partial charge is 0.374 e. The molecule has 1 aliphatic carbocycles. The maximum Gasteiger partial charge on any atom is 0.255 e. The first kappa shape index (κ1) is 14.4. The van der Waals surface area contributed by atoms with Gasteiger partial charge in [-0.2, -0.15) is 0 Å². The molecule has 0 amide bonds. The molecule has 1 saturated carbocycles. The lowest BCUT2D eigenvalue weighted by Crippen LogP contribution is -2.50. The van der Waals surface area contributed by atoms with Gasteiger partial charge in [0, 0.05) is 37.6 Å². The van der Waals surface area contributed by atoms with Gasteiger partial charge in [-0.1, -0.05) is 0 Å². The summed E-state index contributed by atoms with van der Waals surface area (Å²) in [4.78, 5) is 23.5. The van der Waals surface area contributed by atoms with E-state index in [4.69, 9.17) is 9.72 Å². The Balaban J connectivity index is 1.79. The van der Waals surface area contributed by atoms with E-state index < -0.39 is 0 Å². The molecule has 2 fully saturated rings. The van der Waals surface area contributed by atoms with Crippen molar-refractivity contribution in [1.29, 1.82) is 0 Å². The molecule has 120 valence electrons. The summed E-state index contributed by atoms with van der Waals surface area (Å²) >= 11 is 0. The van der Waals surface area contributed by atoms with Gasteiger partial charge in [0.05, 0.1) is 24.4 Å². The molecule has 0 spiro atoms. The van der Waals surface area contributed by atoms with E-state index in [1.807, 2.05) is 12.1 Å². The predicted molar refractivity (Wildman–Crippen MR) is 87.4 cm³/mol. The van der Waals surface area contributed by atoms with Gasteiger partial charge in [-0.3, -0.25) is 14.3 Å². The standard InChI is InChI=1S/C17H20N4O2/c1-20-16(22)11-13(12-5-7-18-8-6-12)19-17(20)21-9-10-23-15-4-2-3-14(15)21/h5-8,11,14-15H,2-4,9-10H2,1H3/t14-,15-/m0/s1. The number of nitrogens with zero attached hydrogens (tertiary/aromatic N) is 4. The molecule has 0 N–H and O–H groups in total. The lowest BCUT2D eigenvalue weighted by molar-refractivity contribution is 0.0247. The van der Waals surface area contributed by atoms with Crippen molar-refractivity contribution in [2.45, 2.75) is 31.4 Å². The molecule has 3 heterocycles. The number of hydrogen-bond donors (Lipinski definition) is 0. The summed E-state index contributed by atoms with van der Waals surface area (Å²) in [5.74, 6) is 0.740. The van der Waals surface area contributed by atoms with Crippen LogP contribution < -0.4 is 10.5 Å². The van der Waals surface area contributed by atoms with Crippen molar-refractivity contribution >= 4 is 5.95 Å². The molecule has 2 atom stereocenters. The van der Waals surface area contributed by atoms with Crippen LogP contribution in [0.1, 0.15) is 19.3 Å². The van der Waals surface area contributed by atoms with Crippen LogP contribution in [-0.4, -0.2) is 39.8 Å². The molecule has 0 unspecified atom stereocenters. The zero-order chi connectivity index (χ0) is 15.8. The second kappa shape index (κ2) is 5.77. The molecule has 6 heteroatoms. The normalized spacial score (nSPS) is 23.8.